The number of rotatable bonds is 2. The fourth-order valence-corrected chi connectivity index (χ4v) is 5.20. The van der Waals surface area contributed by atoms with E-state index in [4.69, 9.17) is 0 Å². The number of hydrogen-bond acceptors (Lipinski definition) is 5. The SMILES string of the molecule is C[C@@H]1CNCCN1C(=O)c1ccc2c(c1)S(=O)(=O)N(C1CC1)C2=O.Cl. The Morgan fingerprint density at radius 2 is 2.00 bits per heavy atom. The van der Waals surface area contributed by atoms with Crippen molar-refractivity contribution in [1.82, 2.24) is 14.5 Å². The van der Waals surface area contributed by atoms with Crippen LogP contribution in [0.25, 0.3) is 0 Å². The highest BCUT2D eigenvalue weighted by atomic mass is 35.5. The van der Waals surface area contributed by atoms with Gasteiger partial charge in [-0.25, -0.2) is 12.7 Å². The minimum atomic E-state index is -3.83. The summed E-state index contributed by atoms with van der Waals surface area (Å²) >= 11 is 0. The molecule has 0 unspecified atom stereocenters. The van der Waals surface area contributed by atoms with Gasteiger partial charge in [0.05, 0.1) is 5.56 Å². The molecule has 1 aliphatic carbocycles. The molecule has 1 N–H and O–H groups in total. The Morgan fingerprint density at radius 1 is 1.28 bits per heavy atom. The van der Waals surface area contributed by atoms with Gasteiger partial charge in [0.15, 0.2) is 0 Å². The lowest BCUT2D eigenvalue weighted by atomic mass is 10.1. The van der Waals surface area contributed by atoms with Crippen molar-refractivity contribution < 1.29 is 18.0 Å². The second kappa shape index (κ2) is 6.26. The highest BCUT2D eigenvalue weighted by molar-refractivity contribution is 7.90. The summed E-state index contributed by atoms with van der Waals surface area (Å²) in [4.78, 5) is 26.8. The van der Waals surface area contributed by atoms with E-state index >= 15 is 0 Å². The maximum absolute atomic E-state index is 12.7. The zero-order valence-electron chi connectivity index (χ0n) is 13.8. The molecule has 1 saturated carbocycles. The molecule has 0 bridgehead atoms. The van der Waals surface area contributed by atoms with Crippen LogP contribution in [0.4, 0.5) is 0 Å². The molecule has 0 aromatic heterocycles. The monoisotopic (exact) mass is 385 g/mol. The van der Waals surface area contributed by atoms with E-state index < -0.39 is 15.9 Å². The highest BCUT2D eigenvalue weighted by Crippen LogP contribution is 2.39. The number of piperazine rings is 1. The topological polar surface area (TPSA) is 86.8 Å². The quantitative estimate of drug-likeness (QED) is 0.815. The van der Waals surface area contributed by atoms with Crippen molar-refractivity contribution in [2.24, 2.45) is 0 Å². The smallest absolute Gasteiger partial charge is 0.269 e. The predicted molar refractivity (Wildman–Crippen MR) is 93.4 cm³/mol. The van der Waals surface area contributed by atoms with Crippen LogP contribution >= 0.6 is 12.4 Å². The first-order valence-electron chi connectivity index (χ1n) is 8.16. The molecule has 25 heavy (non-hydrogen) atoms. The molecule has 136 valence electrons. The molecular weight excluding hydrogens is 366 g/mol. The molecule has 7 nitrogen and oxygen atoms in total. The van der Waals surface area contributed by atoms with Gasteiger partial charge in [0.2, 0.25) is 0 Å². The van der Waals surface area contributed by atoms with Crippen LogP contribution in [0.2, 0.25) is 0 Å². The van der Waals surface area contributed by atoms with Crippen molar-refractivity contribution in [2.75, 3.05) is 19.6 Å². The van der Waals surface area contributed by atoms with Gasteiger partial charge in [0, 0.05) is 37.3 Å². The van der Waals surface area contributed by atoms with Gasteiger partial charge in [0.1, 0.15) is 4.90 Å². The number of hydrogen-bond donors (Lipinski definition) is 1. The van der Waals surface area contributed by atoms with Crippen molar-refractivity contribution in [3.63, 3.8) is 0 Å². The molecule has 2 aliphatic heterocycles. The summed E-state index contributed by atoms with van der Waals surface area (Å²) in [5.41, 5.74) is 0.489. The van der Waals surface area contributed by atoms with E-state index in [9.17, 15) is 18.0 Å². The summed E-state index contributed by atoms with van der Waals surface area (Å²) in [5, 5.41) is 3.22. The molecule has 2 amide bonds. The lowest BCUT2D eigenvalue weighted by molar-refractivity contribution is 0.0655. The Morgan fingerprint density at radius 3 is 2.64 bits per heavy atom. The average Bonchev–Trinajstić information content (AvgIpc) is 3.35. The summed E-state index contributed by atoms with van der Waals surface area (Å²) in [6, 6.07) is 4.21. The number of carbonyl (C=O) groups is 2. The molecule has 4 rings (SSSR count). The Balaban J connectivity index is 0.00000182. The minimum Gasteiger partial charge on any atom is -0.333 e. The van der Waals surface area contributed by atoms with Crippen LogP contribution in [0.15, 0.2) is 23.1 Å². The minimum absolute atomic E-state index is 0. The van der Waals surface area contributed by atoms with Gasteiger partial charge in [-0.05, 0) is 38.0 Å². The molecule has 9 heteroatoms. The van der Waals surface area contributed by atoms with E-state index in [2.05, 4.69) is 5.32 Å². The average molecular weight is 386 g/mol. The van der Waals surface area contributed by atoms with Crippen LogP contribution < -0.4 is 5.32 Å². The van der Waals surface area contributed by atoms with Crippen molar-refractivity contribution in [3.05, 3.63) is 29.3 Å². The van der Waals surface area contributed by atoms with Crippen LogP contribution in [-0.2, 0) is 10.0 Å². The number of benzene rings is 1. The van der Waals surface area contributed by atoms with Gasteiger partial charge < -0.3 is 10.2 Å². The standard InChI is InChI=1S/C16H19N3O4S.ClH/c1-10-9-17-6-7-18(10)15(20)11-2-5-13-14(8-11)24(22,23)19(16(13)21)12-3-4-12;/h2,5,8,10,12,17H,3-4,6-7,9H2,1H3;1H/t10-;/m1./s1. The zero-order chi connectivity index (χ0) is 17.1. The number of amides is 2. The molecule has 1 aromatic carbocycles. The van der Waals surface area contributed by atoms with E-state index in [0.717, 1.165) is 4.31 Å². The Kier molecular flexibility index (Phi) is 4.55. The Labute approximate surface area is 152 Å². The lowest BCUT2D eigenvalue weighted by Gasteiger charge is -2.34. The second-order valence-corrected chi connectivity index (χ2v) is 8.38. The van der Waals surface area contributed by atoms with Crippen LogP contribution in [-0.4, -0.2) is 61.2 Å². The van der Waals surface area contributed by atoms with Crippen molar-refractivity contribution in [1.29, 1.82) is 0 Å². The van der Waals surface area contributed by atoms with Gasteiger partial charge in [-0.1, -0.05) is 0 Å². The second-order valence-electron chi connectivity index (χ2n) is 6.60. The van der Waals surface area contributed by atoms with E-state index in [1.807, 2.05) is 6.92 Å². The number of carbonyl (C=O) groups excluding carboxylic acids is 2. The Hall–Kier alpha value is -1.64. The summed E-state index contributed by atoms with van der Waals surface area (Å²) in [6.45, 7) is 3.96. The molecule has 1 atom stereocenters. The Bertz CT molecular complexity index is 838. The van der Waals surface area contributed by atoms with Gasteiger partial charge in [0.25, 0.3) is 21.8 Å². The number of fused-ring (bicyclic) bond motifs is 1. The molecule has 3 aliphatic rings. The summed E-state index contributed by atoms with van der Waals surface area (Å²) < 4.78 is 26.3. The molecule has 0 spiro atoms. The molecule has 2 fully saturated rings. The maximum Gasteiger partial charge on any atom is 0.269 e. The fraction of sp³-hybridized carbons (Fsp3) is 0.500. The molecule has 0 radical (unpaired) electrons. The third-order valence-electron chi connectivity index (χ3n) is 4.84. The van der Waals surface area contributed by atoms with E-state index in [-0.39, 0.29) is 40.9 Å². The number of nitrogens with one attached hydrogen (secondary N) is 1. The third kappa shape index (κ3) is 2.82. The van der Waals surface area contributed by atoms with Crippen molar-refractivity contribution in [2.45, 2.75) is 36.7 Å². The van der Waals surface area contributed by atoms with Gasteiger partial charge >= 0.3 is 0 Å². The molecule has 1 saturated heterocycles. The number of nitrogens with zero attached hydrogens (tertiary/aromatic N) is 2. The van der Waals surface area contributed by atoms with E-state index in [1.165, 1.54) is 12.1 Å². The third-order valence-corrected chi connectivity index (χ3v) is 6.71. The molecule has 2 heterocycles. The van der Waals surface area contributed by atoms with Crippen LogP contribution in [0.1, 0.15) is 40.5 Å². The molecular formula is C16H20ClN3O4S. The largest absolute Gasteiger partial charge is 0.333 e. The van der Waals surface area contributed by atoms with Crippen LogP contribution in [0.5, 0.6) is 0 Å². The van der Waals surface area contributed by atoms with Crippen LogP contribution in [0, 0.1) is 0 Å². The number of halogens is 1. The van der Waals surface area contributed by atoms with Crippen LogP contribution in [0.3, 0.4) is 0 Å². The molecule has 1 aromatic rings. The summed E-state index contributed by atoms with van der Waals surface area (Å²) in [6.07, 6.45) is 1.42. The van der Waals surface area contributed by atoms with Crippen molar-refractivity contribution >= 4 is 34.2 Å². The zero-order valence-corrected chi connectivity index (χ0v) is 15.4. The highest BCUT2D eigenvalue weighted by Gasteiger charge is 2.49. The van der Waals surface area contributed by atoms with Gasteiger partial charge in [-0.15, -0.1) is 12.4 Å². The van der Waals surface area contributed by atoms with E-state index in [0.29, 0.717) is 38.0 Å². The predicted octanol–water partition coefficient (Wildman–Crippen LogP) is 0.849. The maximum atomic E-state index is 12.7. The lowest BCUT2D eigenvalue weighted by Crippen LogP contribution is -2.52. The van der Waals surface area contributed by atoms with Gasteiger partial charge in [-0.3, -0.25) is 9.59 Å². The number of sulfonamides is 1. The summed E-state index contributed by atoms with van der Waals surface area (Å²) in [7, 11) is -3.83. The normalized spacial score (nSPS) is 24.7. The first kappa shape index (κ1) is 18.2. The first-order chi connectivity index (χ1) is 11.4. The van der Waals surface area contributed by atoms with Gasteiger partial charge in [-0.2, -0.15) is 0 Å². The van der Waals surface area contributed by atoms with E-state index in [1.54, 1.807) is 11.0 Å². The fourth-order valence-electron chi connectivity index (χ4n) is 3.36. The first-order valence-corrected chi connectivity index (χ1v) is 9.60. The summed E-state index contributed by atoms with van der Waals surface area (Å²) in [5.74, 6) is -0.665. The van der Waals surface area contributed by atoms with Crippen molar-refractivity contribution in [3.8, 4) is 0 Å².